The minimum Gasteiger partial charge on any atom is -0.496 e. The Bertz CT molecular complexity index is 381. The molecule has 0 aliphatic heterocycles. The van der Waals surface area contributed by atoms with E-state index >= 15 is 0 Å². The van der Waals surface area contributed by atoms with Gasteiger partial charge in [-0.05, 0) is 36.1 Å². The van der Waals surface area contributed by atoms with Crippen LogP contribution in [0, 0.1) is 5.92 Å². The SMILES string of the molecule is COc1ccc(Cl)cc1CC(C)CC(N)=S. The summed E-state index contributed by atoms with van der Waals surface area (Å²) in [6.07, 6.45) is 1.60. The molecule has 0 bridgehead atoms. The molecule has 1 unspecified atom stereocenters. The lowest BCUT2D eigenvalue weighted by molar-refractivity contribution is 0.406. The normalized spacial score (nSPS) is 12.2. The van der Waals surface area contributed by atoms with E-state index in [9.17, 15) is 0 Å². The molecular formula is C12H16ClNOS. The molecule has 0 aliphatic rings. The van der Waals surface area contributed by atoms with Crippen LogP contribution in [0.15, 0.2) is 18.2 Å². The number of rotatable bonds is 5. The highest BCUT2D eigenvalue weighted by molar-refractivity contribution is 7.80. The zero-order valence-electron chi connectivity index (χ0n) is 9.50. The average molecular weight is 258 g/mol. The molecule has 0 aromatic heterocycles. The molecule has 1 atom stereocenters. The van der Waals surface area contributed by atoms with E-state index < -0.39 is 0 Å². The van der Waals surface area contributed by atoms with Crippen LogP contribution >= 0.6 is 23.8 Å². The van der Waals surface area contributed by atoms with E-state index in [-0.39, 0.29) is 0 Å². The van der Waals surface area contributed by atoms with Gasteiger partial charge in [0, 0.05) is 11.4 Å². The molecule has 0 spiro atoms. The number of methoxy groups -OCH3 is 1. The van der Waals surface area contributed by atoms with Gasteiger partial charge in [0.25, 0.3) is 0 Å². The van der Waals surface area contributed by atoms with E-state index in [0.717, 1.165) is 29.2 Å². The fourth-order valence-corrected chi connectivity index (χ4v) is 2.18. The monoisotopic (exact) mass is 257 g/mol. The summed E-state index contributed by atoms with van der Waals surface area (Å²) in [4.78, 5) is 0.550. The van der Waals surface area contributed by atoms with Crippen LogP contribution in [0.2, 0.25) is 5.02 Å². The zero-order chi connectivity index (χ0) is 12.1. The Labute approximate surface area is 107 Å². The van der Waals surface area contributed by atoms with Crippen molar-refractivity contribution in [3.8, 4) is 5.75 Å². The lowest BCUT2D eigenvalue weighted by atomic mass is 9.97. The van der Waals surface area contributed by atoms with Crippen LogP contribution in [-0.4, -0.2) is 12.1 Å². The number of nitrogens with two attached hydrogens (primary N) is 1. The summed E-state index contributed by atoms with van der Waals surface area (Å²) in [5.74, 6) is 1.25. The van der Waals surface area contributed by atoms with Crippen molar-refractivity contribution in [1.82, 2.24) is 0 Å². The second-order valence-electron chi connectivity index (χ2n) is 3.94. The van der Waals surface area contributed by atoms with Gasteiger partial charge in [-0.25, -0.2) is 0 Å². The lowest BCUT2D eigenvalue weighted by Gasteiger charge is -2.13. The standard InChI is InChI=1S/C12H16ClNOS/c1-8(6-12(14)16)5-9-7-10(13)3-4-11(9)15-2/h3-4,7-8H,5-6H2,1-2H3,(H2,14,16). The van der Waals surface area contributed by atoms with Crippen molar-refractivity contribution in [3.63, 3.8) is 0 Å². The van der Waals surface area contributed by atoms with E-state index in [1.807, 2.05) is 18.2 Å². The van der Waals surface area contributed by atoms with Crippen LogP contribution in [0.1, 0.15) is 18.9 Å². The van der Waals surface area contributed by atoms with Gasteiger partial charge in [0.2, 0.25) is 0 Å². The topological polar surface area (TPSA) is 35.2 Å². The van der Waals surface area contributed by atoms with Crippen LogP contribution in [0.4, 0.5) is 0 Å². The zero-order valence-corrected chi connectivity index (χ0v) is 11.1. The highest BCUT2D eigenvalue weighted by Crippen LogP contribution is 2.25. The number of benzene rings is 1. The van der Waals surface area contributed by atoms with Gasteiger partial charge in [-0.1, -0.05) is 30.7 Å². The van der Waals surface area contributed by atoms with Gasteiger partial charge in [0.1, 0.15) is 5.75 Å². The lowest BCUT2D eigenvalue weighted by Crippen LogP contribution is -2.14. The van der Waals surface area contributed by atoms with E-state index in [1.54, 1.807) is 7.11 Å². The fourth-order valence-electron chi connectivity index (χ4n) is 1.70. The summed E-state index contributed by atoms with van der Waals surface area (Å²) >= 11 is 10.9. The maximum atomic E-state index is 5.96. The fraction of sp³-hybridized carbons (Fsp3) is 0.417. The van der Waals surface area contributed by atoms with Gasteiger partial charge in [-0.3, -0.25) is 0 Å². The van der Waals surface area contributed by atoms with Gasteiger partial charge in [0.15, 0.2) is 0 Å². The Balaban J connectivity index is 2.78. The molecule has 0 saturated carbocycles. The molecule has 16 heavy (non-hydrogen) atoms. The first kappa shape index (κ1) is 13.3. The molecule has 2 N–H and O–H groups in total. The Morgan fingerprint density at radius 1 is 1.56 bits per heavy atom. The van der Waals surface area contributed by atoms with Crippen molar-refractivity contribution in [3.05, 3.63) is 28.8 Å². The van der Waals surface area contributed by atoms with Crippen molar-refractivity contribution in [2.75, 3.05) is 7.11 Å². The molecule has 1 aromatic rings. The minimum absolute atomic E-state index is 0.393. The molecule has 0 fully saturated rings. The molecule has 0 heterocycles. The number of ether oxygens (including phenoxy) is 1. The smallest absolute Gasteiger partial charge is 0.122 e. The summed E-state index contributed by atoms with van der Waals surface area (Å²) < 4.78 is 5.28. The van der Waals surface area contributed by atoms with Crippen LogP contribution in [0.5, 0.6) is 5.75 Å². The first-order chi connectivity index (χ1) is 7.52. The van der Waals surface area contributed by atoms with Crippen molar-refractivity contribution >= 4 is 28.8 Å². The minimum atomic E-state index is 0.393. The Morgan fingerprint density at radius 2 is 2.25 bits per heavy atom. The first-order valence-electron chi connectivity index (χ1n) is 5.13. The molecule has 1 rings (SSSR count). The highest BCUT2D eigenvalue weighted by Gasteiger charge is 2.10. The predicted molar refractivity (Wildman–Crippen MR) is 72.3 cm³/mol. The van der Waals surface area contributed by atoms with Gasteiger partial charge >= 0.3 is 0 Å². The van der Waals surface area contributed by atoms with E-state index in [0.29, 0.717) is 10.9 Å². The third kappa shape index (κ3) is 3.99. The van der Waals surface area contributed by atoms with Crippen LogP contribution in [0.3, 0.4) is 0 Å². The Hall–Kier alpha value is -0.800. The molecule has 0 radical (unpaired) electrons. The maximum Gasteiger partial charge on any atom is 0.122 e. The van der Waals surface area contributed by atoms with Gasteiger partial charge in [0.05, 0.1) is 12.1 Å². The number of thiocarbonyl (C=S) groups is 1. The van der Waals surface area contributed by atoms with Crippen molar-refractivity contribution in [2.24, 2.45) is 11.7 Å². The van der Waals surface area contributed by atoms with E-state index in [1.165, 1.54) is 0 Å². The van der Waals surface area contributed by atoms with Gasteiger partial charge in [-0.2, -0.15) is 0 Å². The van der Waals surface area contributed by atoms with E-state index in [4.69, 9.17) is 34.3 Å². The van der Waals surface area contributed by atoms with Crippen LogP contribution in [-0.2, 0) is 6.42 Å². The quantitative estimate of drug-likeness (QED) is 0.823. The summed E-state index contributed by atoms with van der Waals surface area (Å²) in [5.41, 5.74) is 6.62. The Kier molecular flexibility index (Phi) is 5.03. The molecule has 1 aromatic carbocycles. The second-order valence-corrected chi connectivity index (χ2v) is 4.90. The second kappa shape index (κ2) is 6.06. The average Bonchev–Trinajstić information content (AvgIpc) is 2.16. The van der Waals surface area contributed by atoms with Crippen LogP contribution < -0.4 is 10.5 Å². The molecule has 4 heteroatoms. The third-order valence-electron chi connectivity index (χ3n) is 2.36. The van der Waals surface area contributed by atoms with Crippen molar-refractivity contribution < 1.29 is 4.74 Å². The summed E-state index contributed by atoms with van der Waals surface area (Å²) in [5, 5.41) is 0.721. The van der Waals surface area contributed by atoms with Gasteiger partial charge in [-0.15, -0.1) is 0 Å². The molecule has 88 valence electrons. The summed E-state index contributed by atoms with van der Waals surface area (Å²) in [7, 11) is 1.66. The molecule has 0 aliphatic carbocycles. The first-order valence-corrected chi connectivity index (χ1v) is 5.92. The summed E-state index contributed by atoms with van der Waals surface area (Å²) in [6.45, 7) is 2.11. The van der Waals surface area contributed by atoms with E-state index in [2.05, 4.69) is 6.92 Å². The highest BCUT2D eigenvalue weighted by atomic mass is 35.5. The molecular weight excluding hydrogens is 242 g/mol. The molecule has 2 nitrogen and oxygen atoms in total. The summed E-state index contributed by atoms with van der Waals surface area (Å²) in [6, 6.07) is 5.63. The Morgan fingerprint density at radius 3 is 2.81 bits per heavy atom. The van der Waals surface area contributed by atoms with Crippen molar-refractivity contribution in [1.29, 1.82) is 0 Å². The number of hydrogen-bond acceptors (Lipinski definition) is 2. The molecule has 0 saturated heterocycles. The van der Waals surface area contributed by atoms with Crippen LogP contribution in [0.25, 0.3) is 0 Å². The number of halogens is 1. The van der Waals surface area contributed by atoms with Gasteiger partial charge < -0.3 is 10.5 Å². The third-order valence-corrected chi connectivity index (χ3v) is 2.76. The number of hydrogen-bond donors (Lipinski definition) is 1. The van der Waals surface area contributed by atoms with Crippen molar-refractivity contribution in [2.45, 2.75) is 19.8 Å². The largest absolute Gasteiger partial charge is 0.496 e. The predicted octanol–water partition coefficient (Wildman–Crippen LogP) is 3.20. The molecule has 0 amide bonds. The maximum absolute atomic E-state index is 5.96.